The van der Waals surface area contributed by atoms with E-state index in [1.165, 1.54) is 0 Å². The van der Waals surface area contributed by atoms with Gasteiger partial charge in [0, 0.05) is 18.7 Å². The lowest BCUT2D eigenvalue weighted by molar-refractivity contribution is 0.0955. The third kappa shape index (κ3) is 2.84. The van der Waals surface area contributed by atoms with Gasteiger partial charge in [0.15, 0.2) is 0 Å². The topological polar surface area (TPSA) is 68.3 Å². The van der Waals surface area contributed by atoms with E-state index in [0.29, 0.717) is 29.2 Å². The predicted octanol–water partition coefficient (Wildman–Crippen LogP) is 2.49. The number of rotatable bonds is 4. The number of hydrogen-bond acceptors (Lipinski definition) is 3. The fraction of sp³-hybridized carbons (Fsp3) is 0.154. The Kier molecular flexibility index (Phi) is 3.89. The Bertz CT molecular complexity index is 518. The molecule has 1 aromatic heterocycles. The highest BCUT2D eigenvalue weighted by molar-refractivity contribution is 6.34. The summed E-state index contributed by atoms with van der Waals surface area (Å²) in [4.78, 5) is 11.9. The quantitative estimate of drug-likeness (QED) is 0.834. The summed E-state index contributed by atoms with van der Waals surface area (Å²) in [5.74, 6) is 0.548. The third-order valence-corrected chi connectivity index (χ3v) is 2.82. The Hall–Kier alpha value is -1.94. The van der Waals surface area contributed by atoms with Crippen molar-refractivity contribution >= 4 is 23.2 Å². The Labute approximate surface area is 110 Å². The summed E-state index contributed by atoms with van der Waals surface area (Å²) in [7, 11) is 0. The smallest absolute Gasteiger partial charge is 0.254 e. The maximum atomic E-state index is 11.9. The van der Waals surface area contributed by atoms with Gasteiger partial charge >= 0.3 is 0 Å². The maximum absolute atomic E-state index is 11.9. The van der Waals surface area contributed by atoms with Crippen LogP contribution < -0.4 is 11.1 Å². The van der Waals surface area contributed by atoms with Gasteiger partial charge in [0.2, 0.25) is 0 Å². The molecule has 2 aromatic rings. The first-order valence-electron chi connectivity index (χ1n) is 5.53. The first-order chi connectivity index (χ1) is 8.68. The van der Waals surface area contributed by atoms with Crippen LogP contribution in [0.25, 0.3) is 0 Å². The molecule has 18 heavy (non-hydrogen) atoms. The molecular weight excluding hydrogens is 252 g/mol. The average Bonchev–Trinajstić information content (AvgIpc) is 2.82. The third-order valence-electron chi connectivity index (χ3n) is 2.51. The van der Waals surface area contributed by atoms with Crippen molar-refractivity contribution in [3.05, 3.63) is 52.9 Å². The number of halogens is 1. The Morgan fingerprint density at radius 2 is 2.17 bits per heavy atom. The fourth-order valence-electron chi connectivity index (χ4n) is 1.62. The molecule has 0 spiro atoms. The fourth-order valence-corrected chi connectivity index (χ4v) is 1.89. The van der Waals surface area contributed by atoms with E-state index in [9.17, 15) is 4.79 Å². The molecule has 94 valence electrons. The first kappa shape index (κ1) is 12.5. The molecule has 3 N–H and O–H groups in total. The van der Waals surface area contributed by atoms with Crippen molar-refractivity contribution < 1.29 is 9.21 Å². The largest absolute Gasteiger partial charge is 0.469 e. The van der Waals surface area contributed by atoms with Crippen LogP contribution in [-0.2, 0) is 6.42 Å². The van der Waals surface area contributed by atoms with Gasteiger partial charge in [-0.25, -0.2) is 0 Å². The number of carbonyl (C=O) groups is 1. The second-order valence-corrected chi connectivity index (χ2v) is 4.20. The van der Waals surface area contributed by atoms with Gasteiger partial charge in [0.1, 0.15) is 5.76 Å². The van der Waals surface area contributed by atoms with Crippen molar-refractivity contribution in [2.75, 3.05) is 12.3 Å². The molecular formula is C13H13ClN2O2. The molecule has 5 heteroatoms. The summed E-state index contributed by atoms with van der Waals surface area (Å²) in [6, 6.07) is 8.66. The number of amides is 1. The molecule has 4 nitrogen and oxygen atoms in total. The van der Waals surface area contributed by atoms with Crippen LogP contribution in [0.15, 0.2) is 41.0 Å². The van der Waals surface area contributed by atoms with Gasteiger partial charge in [0.05, 0.1) is 16.8 Å². The summed E-state index contributed by atoms with van der Waals surface area (Å²) in [5.41, 5.74) is 6.42. The van der Waals surface area contributed by atoms with Crippen LogP contribution in [-0.4, -0.2) is 12.5 Å². The van der Waals surface area contributed by atoms with Crippen molar-refractivity contribution in [3.63, 3.8) is 0 Å². The van der Waals surface area contributed by atoms with E-state index in [4.69, 9.17) is 21.8 Å². The van der Waals surface area contributed by atoms with Gasteiger partial charge in [-0.3, -0.25) is 4.79 Å². The molecule has 0 unspecified atom stereocenters. The summed E-state index contributed by atoms with van der Waals surface area (Å²) in [6.07, 6.45) is 2.23. The highest BCUT2D eigenvalue weighted by Gasteiger charge is 2.13. The van der Waals surface area contributed by atoms with Crippen LogP contribution in [0.1, 0.15) is 16.1 Å². The van der Waals surface area contributed by atoms with Gasteiger partial charge in [0.25, 0.3) is 5.91 Å². The van der Waals surface area contributed by atoms with Gasteiger partial charge in [-0.1, -0.05) is 17.7 Å². The molecule has 1 amide bonds. The Morgan fingerprint density at radius 3 is 2.83 bits per heavy atom. The predicted molar refractivity (Wildman–Crippen MR) is 70.6 cm³/mol. The maximum Gasteiger partial charge on any atom is 0.254 e. The summed E-state index contributed by atoms with van der Waals surface area (Å²) >= 11 is 5.94. The molecule has 0 bridgehead atoms. The molecule has 0 aliphatic heterocycles. The molecule has 1 aromatic carbocycles. The van der Waals surface area contributed by atoms with E-state index in [1.54, 1.807) is 24.5 Å². The van der Waals surface area contributed by atoms with Gasteiger partial charge in [-0.05, 0) is 24.3 Å². The standard InChI is InChI=1S/C13H13ClN2O2/c14-10-4-1-5-11(15)12(10)13(17)16-7-6-9-3-2-8-18-9/h1-5,8H,6-7,15H2,(H,16,17). The van der Waals surface area contributed by atoms with E-state index in [0.717, 1.165) is 5.76 Å². The average molecular weight is 265 g/mol. The molecule has 0 aliphatic carbocycles. The summed E-state index contributed by atoms with van der Waals surface area (Å²) < 4.78 is 5.17. The number of anilines is 1. The van der Waals surface area contributed by atoms with Crippen molar-refractivity contribution in [1.29, 1.82) is 0 Å². The van der Waals surface area contributed by atoms with Crippen LogP contribution in [0.3, 0.4) is 0 Å². The second-order valence-electron chi connectivity index (χ2n) is 3.79. The zero-order valence-corrected chi connectivity index (χ0v) is 10.4. The lowest BCUT2D eigenvalue weighted by atomic mass is 10.1. The number of hydrogen-bond donors (Lipinski definition) is 2. The number of nitrogen functional groups attached to an aromatic ring is 1. The Morgan fingerprint density at radius 1 is 1.33 bits per heavy atom. The van der Waals surface area contributed by atoms with Crippen LogP contribution in [0.2, 0.25) is 5.02 Å². The zero-order chi connectivity index (χ0) is 13.0. The van der Waals surface area contributed by atoms with Crippen LogP contribution in [0.5, 0.6) is 0 Å². The van der Waals surface area contributed by atoms with Gasteiger partial charge in [-0.2, -0.15) is 0 Å². The van der Waals surface area contributed by atoms with E-state index >= 15 is 0 Å². The molecule has 1 heterocycles. The molecule has 0 aliphatic rings. The van der Waals surface area contributed by atoms with Gasteiger partial charge < -0.3 is 15.5 Å². The molecule has 2 rings (SSSR count). The normalized spacial score (nSPS) is 10.3. The highest BCUT2D eigenvalue weighted by Crippen LogP contribution is 2.21. The molecule has 0 fully saturated rings. The molecule has 0 radical (unpaired) electrons. The molecule has 0 saturated carbocycles. The lowest BCUT2D eigenvalue weighted by Gasteiger charge is -2.08. The number of benzene rings is 1. The first-order valence-corrected chi connectivity index (χ1v) is 5.91. The molecule has 0 saturated heterocycles. The monoisotopic (exact) mass is 264 g/mol. The summed E-state index contributed by atoms with van der Waals surface area (Å²) in [5, 5.41) is 3.11. The SMILES string of the molecule is Nc1cccc(Cl)c1C(=O)NCCc1ccco1. The minimum absolute atomic E-state index is 0.273. The number of furan rings is 1. The van der Waals surface area contributed by atoms with E-state index in [2.05, 4.69) is 5.32 Å². The van der Waals surface area contributed by atoms with E-state index in [-0.39, 0.29) is 5.91 Å². The van der Waals surface area contributed by atoms with Crippen molar-refractivity contribution in [3.8, 4) is 0 Å². The summed E-state index contributed by atoms with van der Waals surface area (Å²) in [6.45, 7) is 0.469. The number of carbonyl (C=O) groups excluding carboxylic acids is 1. The number of nitrogens with one attached hydrogen (secondary N) is 1. The van der Waals surface area contributed by atoms with E-state index in [1.807, 2.05) is 12.1 Å². The second kappa shape index (κ2) is 5.60. The lowest BCUT2D eigenvalue weighted by Crippen LogP contribution is -2.26. The minimum Gasteiger partial charge on any atom is -0.469 e. The van der Waals surface area contributed by atoms with E-state index < -0.39 is 0 Å². The van der Waals surface area contributed by atoms with Crippen LogP contribution >= 0.6 is 11.6 Å². The molecule has 0 atom stereocenters. The van der Waals surface area contributed by atoms with Gasteiger partial charge in [-0.15, -0.1) is 0 Å². The number of nitrogens with two attached hydrogens (primary N) is 1. The zero-order valence-electron chi connectivity index (χ0n) is 9.65. The van der Waals surface area contributed by atoms with Crippen molar-refractivity contribution in [2.24, 2.45) is 0 Å². The highest BCUT2D eigenvalue weighted by atomic mass is 35.5. The minimum atomic E-state index is -0.273. The van der Waals surface area contributed by atoms with Crippen molar-refractivity contribution in [1.82, 2.24) is 5.32 Å². The van der Waals surface area contributed by atoms with Crippen molar-refractivity contribution in [2.45, 2.75) is 6.42 Å². The Balaban J connectivity index is 1.96. The van der Waals surface area contributed by atoms with Crippen LogP contribution in [0.4, 0.5) is 5.69 Å². The van der Waals surface area contributed by atoms with Crippen LogP contribution in [0, 0.1) is 0 Å².